The molecule has 5 nitrogen and oxygen atoms in total. The second-order valence-corrected chi connectivity index (χ2v) is 7.51. The van der Waals surface area contributed by atoms with Gasteiger partial charge in [0, 0.05) is 24.5 Å². The van der Waals surface area contributed by atoms with Gasteiger partial charge in [-0.2, -0.15) is 0 Å². The number of thiophene rings is 1. The molecule has 1 unspecified atom stereocenters. The van der Waals surface area contributed by atoms with E-state index in [-0.39, 0.29) is 18.2 Å². The summed E-state index contributed by atoms with van der Waals surface area (Å²) in [6, 6.07) is 13.9. The molecule has 2 aromatic rings. The van der Waals surface area contributed by atoms with Gasteiger partial charge in [0.2, 0.25) is 11.8 Å². The van der Waals surface area contributed by atoms with E-state index in [4.69, 9.17) is 0 Å². The molecule has 1 saturated heterocycles. The summed E-state index contributed by atoms with van der Waals surface area (Å²) in [5, 5.41) is 8.06. The van der Waals surface area contributed by atoms with Crippen molar-refractivity contribution in [2.45, 2.75) is 31.8 Å². The lowest BCUT2D eigenvalue weighted by Gasteiger charge is -2.33. The highest BCUT2D eigenvalue weighted by Crippen LogP contribution is 2.10. The fourth-order valence-electron chi connectivity index (χ4n) is 3.15. The number of aryl methyl sites for hydroxylation is 1. The molecule has 2 N–H and O–H groups in total. The second-order valence-electron chi connectivity index (χ2n) is 6.48. The molecule has 1 fully saturated rings. The van der Waals surface area contributed by atoms with Crippen molar-refractivity contribution in [3.63, 3.8) is 0 Å². The average molecular weight is 372 g/mol. The van der Waals surface area contributed by atoms with E-state index in [1.807, 2.05) is 40.6 Å². The quantitative estimate of drug-likeness (QED) is 0.748. The molecule has 138 valence electrons. The van der Waals surface area contributed by atoms with Crippen LogP contribution in [0.15, 0.2) is 47.8 Å². The number of carbonyl (C=O) groups is 2. The summed E-state index contributed by atoms with van der Waals surface area (Å²) in [5.74, 6) is -0.0500. The molecule has 0 spiro atoms. The first kappa shape index (κ1) is 18.6. The van der Waals surface area contributed by atoms with E-state index in [1.54, 1.807) is 11.3 Å². The SMILES string of the molecule is O=C(CC1NCCN(CCCc2ccccc2)C1=O)NCc1cccs1. The van der Waals surface area contributed by atoms with E-state index in [0.717, 1.165) is 30.8 Å². The molecule has 2 heterocycles. The Morgan fingerprint density at radius 1 is 1.23 bits per heavy atom. The van der Waals surface area contributed by atoms with Crippen molar-refractivity contribution >= 4 is 23.2 Å². The van der Waals surface area contributed by atoms with Gasteiger partial charge in [-0.1, -0.05) is 36.4 Å². The maximum absolute atomic E-state index is 12.6. The van der Waals surface area contributed by atoms with E-state index in [0.29, 0.717) is 13.1 Å². The largest absolute Gasteiger partial charge is 0.351 e. The number of piperazine rings is 1. The van der Waals surface area contributed by atoms with Gasteiger partial charge in [-0.3, -0.25) is 9.59 Å². The Kier molecular flexibility index (Phi) is 6.80. The van der Waals surface area contributed by atoms with Gasteiger partial charge in [-0.25, -0.2) is 0 Å². The van der Waals surface area contributed by atoms with E-state index < -0.39 is 6.04 Å². The zero-order valence-electron chi connectivity index (χ0n) is 14.8. The molecular formula is C20H25N3O2S. The minimum atomic E-state index is -0.413. The zero-order chi connectivity index (χ0) is 18.2. The number of amides is 2. The number of benzene rings is 1. The monoisotopic (exact) mass is 371 g/mol. The number of hydrogen-bond donors (Lipinski definition) is 2. The van der Waals surface area contributed by atoms with Crippen LogP contribution >= 0.6 is 11.3 Å². The fourth-order valence-corrected chi connectivity index (χ4v) is 3.79. The van der Waals surface area contributed by atoms with Gasteiger partial charge in [-0.05, 0) is 29.9 Å². The third-order valence-corrected chi connectivity index (χ3v) is 5.42. The summed E-state index contributed by atoms with van der Waals surface area (Å²) in [6.45, 7) is 2.71. The van der Waals surface area contributed by atoms with Crippen LogP contribution in [0, 0.1) is 0 Å². The number of rotatable bonds is 8. The van der Waals surface area contributed by atoms with Gasteiger partial charge >= 0.3 is 0 Å². The highest BCUT2D eigenvalue weighted by Gasteiger charge is 2.29. The van der Waals surface area contributed by atoms with Crippen LogP contribution in [0.2, 0.25) is 0 Å². The average Bonchev–Trinajstić information content (AvgIpc) is 3.17. The number of nitrogens with zero attached hydrogens (tertiary/aromatic N) is 1. The summed E-state index contributed by atoms with van der Waals surface area (Å²) in [4.78, 5) is 27.8. The van der Waals surface area contributed by atoms with Crippen molar-refractivity contribution in [2.24, 2.45) is 0 Å². The molecule has 26 heavy (non-hydrogen) atoms. The Balaban J connectivity index is 1.42. The zero-order valence-corrected chi connectivity index (χ0v) is 15.6. The van der Waals surface area contributed by atoms with Crippen LogP contribution < -0.4 is 10.6 Å². The molecule has 1 aliphatic rings. The number of carbonyl (C=O) groups excluding carboxylic acids is 2. The Morgan fingerprint density at radius 2 is 2.08 bits per heavy atom. The van der Waals surface area contributed by atoms with Crippen LogP contribution in [0.25, 0.3) is 0 Å². The van der Waals surface area contributed by atoms with Crippen LogP contribution in [-0.4, -0.2) is 42.4 Å². The van der Waals surface area contributed by atoms with E-state index in [2.05, 4.69) is 22.8 Å². The van der Waals surface area contributed by atoms with Crippen molar-refractivity contribution in [2.75, 3.05) is 19.6 Å². The van der Waals surface area contributed by atoms with Gasteiger partial charge in [-0.15, -0.1) is 11.3 Å². The molecule has 0 aliphatic carbocycles. The Hall–Kier alpha value is -2.18. The fraction of sp³-hybridized carbons (Fsp3) is 0.400. The third kappa shape index (κ3) is 5.41. The highest BCUT2D eigenvalue weighted by molar-refractivity contribution is 7.09. The highest BCUT2D eigenvalue weighted by atomic mass is 32.1. The van der Waals surface area contributed by atoms with Gasteiger partial charge in [0.15, 0.2) is 0 Å². The third-order valence-electron chi connectivity index (χ3n) is 4.55. The molecule has 0 radical (unpaired) electrons. The minimum absolute atomic E-state index is 0.0376. The summed E-state index contributed by atoms with van der Waals surface area (Å²) >= 11 is 1.61. The predicted molar refractivity (Wildman–Crippen MR) is 104 cm³/mol. The van der Waals surface area contributed by atoms with Gasteiger partial charge in [0.25, 0.3) is 0 Å². The number of hydrogen-bond acceptors (Lipinski definition) is 4. The van der Waals surface area contributed by atoms with Crippen LogP contribution in [-0.2, 0) is 22.6 Å². The summed E-state index contributed by atoms with van der Waals surface area (Å²) < 4.78 is 0. The van der Waals surface area contributed by atoms with Crippen LogP contribution in [0.3, 0.4) is 0 Å². The summed E-state index contributed by atoms with van der Waals surface area (Å²) in [7, 11) is 0. The van der Waals surface area contributed by atoms with Crippen molar-refractivity contribution < 1.29 is 9.59 Å². The van der Waals surface area contributed by atoms with Crippen molar-refractivity contribution in [1.82, 2.24) is 15.5 Å². The molecule has 1 aromatic heterocycles. The predicted octanol–water partition coefficient (Wildman–Crippen LogP) is 2.19. The second kappa shape index (κ2) is 9.50. The Labute approximate surface area is 158 Å². The van der Waals surface area contributed by atoms with Gasteiger partial charge in [0.1, 0.15) is 0 Å². The Bertz CT molecular complexity index is 703. The van der Waals surface area contributed by atoms with Crippen molar-refractivity contribution in [3.05, 3.63) is 58.3 Å². The smallest absolute Gasteiger partial charge is 0.240 e. The molecule has 3 rings (SSSR count). The van der Waals surface area contributed by atoms with Crippen LogP contribution in [0.4, 0.5) is 0 Å². The molecule has 1 aromatic carbocycles. The molecule has 1 aliphatic heterocycles. The topological polar surface area (TPSA) is 61.4 Å². The van der Waals surface area contributed by atoms with Gasteiger partial charge < -0.3 is 15.5 Å². The maximum Gasteiger partial charge on any atom is 0.240 e. The normalized spacial score (nSPS) is 17.3. The molecule has 1 atom stereocenters. The van der Waals surface area contributed by atoms with E-state index in [9.17, 15) is 9.59 Å². The molecule has 2 amide bonds. The maximum atomic E-state index is 12.6. The Morgan fingerprint density at radius 3 is 2.85 bits per heavy atom. The van der Waals surface area contributed by atoms with E-state index >= 15 is 0 Å². The van der Waals surface area contributed by atoms with Crippen LogP contribution in [0.5, 0.6) is 0 Å². The summed E-state index contributed by atoms with van der Waals surface area (Å²) in [6.07, 6.45) is 2.09. The first-order chi connectivity index (χ1) is 12.7. The van der Waals surface area contributed by atoms with E-state index in [1.165, 1.54) is 5.56 Å². The lowest BCUT2D eigenvalue weighted by atomic mass is 10.1. The van der Waals surface area contributed by atoms with Gasteiger partial charge in [0.05, 0.1) is 19.0 Å². The molecule has 0 bridgehead atoms. The van der Waals surface area contributed by atoms with Crippen molar-refractivity contribution in [1.29, 1.82) is 0 Å². The van der Waals surface area contributed by atoms with Crippen LogP contribution in [0.1, 0.15) is 23.3 Å². The molecular weight excluding hydrogens is 346 g/mol. The minimum Gasteiger partial charge on any atom is -0.351 e. The lowest BCUT2D eigenvalue weighted by Crippen LogP contribution is -2.56. The first-order valence-electron chi connectivity index (χ1n) is 9.07. The number of nitrogens with one attached hydrogen (secondary N) is 2. The standard InChI is InChI=1S/C20H25N3O2S/c24-19(22-15-17-9-5-13-26-17)14-18-20(25)23(12-10-21-18)11-4-8-16-6-2-1-3-7-16/h1-3,5-7,9,13,18,21H,4,8,10-12,14-15H2,(H,22,24). The molecule has 6 heteroatoms. The molecule has 0 saturated carbocycles. The lowest BCUT2D eigenvalue weighted by molar-refractivity contribution is -0.138. The summed E-state index contributed by atoms with van der Waals surface area (Å²) in [5.41, 5.74) is 1.29. The first-order valence-corrected chi connectivity index (χ1v) is 9.95. The van der Waals surface area contributed by atoms with Crippen molar-refractivity contribution in [3.8, 4) is 0 Å².